The highest BCUT2D eigenvalue weighted by atomic mass is 16.5. The average Bonchev–Trinajstić information content (AvgIpc) is 2.59. The molecule has 0 aromatic heterocycles. The van der Waals surface area contributed by atoms with Crippen molar-refractivity contribution in [1.29, 1.82) is 0 Å². The highest BCUT2D eigenvalue weighted by molar-refractivity contribution is 6.08. The van der Waals surface area contributed by atoms with Crippen molar-refractivity contribution in [3.8, 4) is 0 Å². The van der Waals surface area contributed by atoms with Gasteiger partial charge >= 0.3 is 0 Å². The Morgan fingerprint density at radius 1 is 1.43 bits per heavy atom. The Hall–Kier alpha value is -1.40. The molecule has 130 valence electrons. The molecule has 2 rings (SSSR count). The van der Waals surface area contributed by atoms with E-state index in [2.05, 4.69) is 18.8 Å². The summed E-state index contributed by atoms with van der Waals surface area (Å²) in [5, 5.41) is 9.22. The fraction of sp³-hybridized carbons (Fsp3) is 0.765. The van der Waals surface area contributed by atoms with Crippen LogP contribution in [0.15, 0.2) is 16.3 Å². The molecule has 2 fully saturated rings. The van der Waals surface area contributed by atoms with Crippen molar-refractivity contribution in [2.45, 2.75) is 45.6 Å². The predicted molar refractivity (Wildman–Crippen MR) is 90.2 cm³/mol. The largest absolute Gasteiger partial charge is 0.394 e. The number of aliphatic imine (C=N–C) groups is 1. The van der Waals surface area contributed by atoms with Gasteiger partial charge in [-0.15, -0.1) is 0 Å². The van der Waals surface area contributed by atoms with Crippen LogP contribution in [0.4, 0.5) is 0 Å². The number of aliphatic hydroxyl groups is 1. The van der Waals surface area contributed by atoms with Gasteiger partial charge in [0.05, 0.1) is 19.3 Å². The van der Waals surface area contributed by atoms with Crippen LogP contribution < -0.4 is 5.73 Å². The van der Waals surface area contributed by atoms with Crippen LogP contribution >= 0.6 is 0 Å². The van der Waals surface area contributed by atoms with Gasteiger partial charge in [0.1, 0.15) is 5.70 Å². The normalized spacial score (nSPS) is 26.7. The van der Waals surface area contributed by atoms with Crippen molar-refractivity contribution in [3.05, 3.63) is 11.3 Å². The number of hydrogen-bond donors (Lipinski definition) is 2. The molecule has 1 heterocycles. The summed E-state index contributed by atoms with van der Waals surface area (Å²) < 4.78 is 5.39. The molecule has 0 bridgehead atoms. The summed E-state index contributed by atoms with van der Waals surface area (Å²) >= 11 is 0. The molecule has 1 amide bonds. The number of allylic oxidation sites excluding steroid dienone is 1. The number of carbonyl (C=O) groups excluding carboxylic acids is 1. The Balaban J connectivity index is 2.15. The van der Waals surface area contributed by atoms with Gasteiger partial charge in [0.25, 0.3) is 5.91 Å². The fourth-order valence-corrected chi connectivity index (χ4v) is 2.96. The zero-order valence-electron chi connectivity index (χ0n) is 14.3. The maximum atomic E-state index is 12.7. The average molecular weight is 323 g/mol. The van der Waals surface area contributed by atoms with Crippen molar-refractivity contribution >= 4 is 11.6 Å². The molecule has 23 heavy (non-hydrogen) atoms. The first-order valence-corrected chi connectivity index (χ1v) is 8.57. The maximum Gasteiger partial charge on any atom is 0.270 e. The Labute approximate surface area is 138 Å². The highest BCUT2D eigenvalue weighted by Gasteiger charge is 2.28. The highest BCUT2D eigenvalue weighted by Crippen LogP contribution is 2.24. The molecule has 2 aliphatic rings. The lowest BCUT2D eigenvalue weighted by atomic mass is 9.90. The van der Waals surface area contributed by atoms with E-state index in [1.807, 2.05) is 0 Å². The molecule has 0 radical (unpaired) electrons. The van der Waals surface area contributed by atoms with E-state index in [4.69, 9.17) is 10.5 Å². The first kappa shape index (κ1) is 17.9. The molecule has 1 aliphatic carbocycles. The van der Waals surface area contributed by atoms with Crippen molar-refractivity contribution in [2.75, 3.05) is 32.8 Å². The van der Waals surface area contributed by atoms with Gasteiger partial charge in [0, 0.05) is 30.9 Å². The molecule has 1 aliphatic heterocycles. The topological polar surface area (TPSA) is 88.2 Å². The van der Waals surface area contributed by atoms with Gasteiger partial charge in [-0.2, -0.15) is 0 Å². The summed E-state index contributed by atoms with van der Waals surface area (Å²) in [7, 11) is 0. The van der Waals surface area contributed by atoms with Crippen LogP contribution in [0.5, 0.6) is 0 Å². The van der Waals surface area contributed by atoms with Crippen LogP contribution in [0.3, 0.4) is 0 Å². The molecular formula is C17H29N3O3. The number of hydrogen-bond acceptors (Lipinski definition) is 5. The predicted octanol–water partition coefficient (Wildman–Crippen LogP) is 1.09. The number of rotatable bonds is 4. The third-order valence-corrected chi connectivity index (χ3v) is 4.27. The van der Waals surface area contributed by atoms with Crippen molar-refractivity contribution in [1.82, 2.24) is 4.90 Å². The summed E-state index contributed by atoms with van der Waals surface area (Å²) in [5.74, 6) is 0.341. The van der Waals surface area contributed by atoms with Crippen molar-refractivity contribution in [2.24, 2.45) is 16.6 Å². The van der Waals surface area contributed by atoms with E-state index in [-0.39, 0.29) is 18.6 Å². The molecule has 1 saturated carbocycles. The van der Waals surface area contributed by atoms with E-state index < -0.39 is 0 Å². The molecule has 6 heteroatoms. The van der Waals surface area contributed by atoms with Crippen molar-refractivity contribution in [3.63, 3.8) is 0 Å². The van der Waals surface area contributed by atoms with Crippen LogP contribution in [0.25, 0.3) is 0 Å². The molecule has 0 unspecified atom stereocenters. The van der Waals surface area contributed by atoms with Crippen LogP contribution in [0.2, 0.25) is 0 Å². The van der Waals surface area contributed by atoms with Gasteiger partial charge in [-0.1, -0.05) is 13.8 Å². The molecule has 1 saturated heterocycles. The SMILES string of the molecule is CC(C)CN=C1CCCC/C1=C(/N)C(=O)N1CCO[C@@H](CO)C1. The lowest BCUT2D eigenvalue weighted by molar-refractivity contribution is -0.136. The number of amides is 1. The lowest BCUT2D eigenvalue weighted by Crippen LogP contribution is -2.48. The second-order valence-electron chi connectivity index (χ2n) is 6.71. The number of nitrogens with two attached hydrogens (primary N) is 1. The fourth-order valence-electron chi connectivity index (χ4n) is 2.96. The van der Waals surface area contributed by atoms with Gasteiger partial charge in [0.15, 0.2) is 0 Å². The minimum Gasteiger partial charge on any atom is -0.394 e. The van der Waals surface area contributed by atoms with E-state index in [1.165, 1.54) is 0 Å². The Morgan fingerprint density at radius 3 is 2.87 bits per heavy atom. The minimum atomic E-state index is -0.314. The van der Waals surface area contributed by atoms with Crippen LogP contribution in [0.1, 0.15) is 39.5 Å². The molecule has 1 atom stereocenters. The number of morpholine rings is 1. The standard InChI is InChI=1S/C17H29N3O3/c1-12(2)9-19-15-6-4-3-5-14(15)16(18)17(22)20-7-8-23-13(10-20)11-21/h12-13,21H,3-11,18H2,1-2H3/b16-14-,19-15?/t13-/m1/s1. The lowest BCUT2D eigenvalue weighted by Gasteiger charge is -2.32. The van der Waals surface area contributed by atoms with E-state index in [9.17, 15) is 9.90 Å². The summed E-state index contributed by atoms with van der Waals surface area (Å²) in [5.41, 5.74) is 8.46. The first-order chi connectivity index (χ1) is 11.0. The van der Waals surface area contributed by atoms with Crippen LogP contribution in [-0.4, -0.2) is 60.6 Å². The van der Waals surface area contributed by atoms with Gasteiger partial charge in [-0.25, -0.2) is 0 Å². The quantitative estimate of drug-likeness (QED) is 0.758. The Morgan fingerprint density at radius 2 is 2.17 bits per heavy atom. The van der Waals surface area contributed by atoms with E-state index >= 15 is 0 Å². The van der Waals surface area contributed by atoms with Gasteiger partial charge in [-0.3, -0.25) is 9.79 Å². The Bertz CT molecular complexity index is 485. The van der Waals surface area contributed by atoms with E-state index in [0.717, 1.165) is 43.5 Å². The molecular weight excluding hydrogens is 294 g/mol. The number of ether oxygens (including phenoxy) is 1. The third-order valence-electron chi connectivity index (χ3n) is 4.27. The zero-order valence-corrected chi connectivity index (χ0v) is 14.3. The van der Waals surface area contributed by atoms with E-state index in [0.29, 0.717) is 31.3 Å². The van der Waals surface area contributed by atoms with Crippen LogP contribution in [0, 0.1) is 5.92 Å². The number of aliphatic hydroxyl groups excluding tert-OH is 1. The minimum absolute atomic E-state index is 0.0820. The molecule has 3 N–H and O–H groups in total. The maximum absolute atomic E-state index is 12.7. The summed E-state index contributed by atoms with van der Waals surface area (Å²) in [6.45, 7) is 6.30. The summed E-state index contributed by atoms with van der Waals surface area (Å²) in [4.78, 5) is 19.1. The van der Waals surface area contributed by atoms with Crippen LogP contribution in [-0.2, 0) is 9.53 Å². The van der Waals surface area contributed by atoms with Crippen molar-refractivity contribution < 1.29 is 14.6 Å². The monoisotopic (exact) mass is 323 g/mol. The Kier molecular flexibility index (Phi) is 6.59. The number of nitrogens with zero attached hydrogens (tertiary/aromatic N) is 2. The second-order valence-corrected chi connectivity index (χ2v) is 6.71. The third kappa shape index (κ3) is 4.78. The summed E-state index contributed by atoms with van der Waals surface area (Å²) in [6.07, 6.45) is 3.56. The molecule has 6 nitrogen and oxygen atoms in total. The van der Waals surface area contributed by atoms with Gasteiger partial charge < -0.3 is 20.5 Å². The second kappa shape index (κ2) is 8.45. The smallest absolute Gasteiger partial charge is 0.270 e. The number of carbonyl (C=O) groups is 1. The molecule has 0 aromatic rings. The van der Waals surface area contributed by atoms with E-state index in [1.54, 1.807) is 4.90 Å². The first-order valence-electron chi connectivity index (χ1n) is 8.57. The summed E-state index contributed by atoms with van der Waals surface area (Å²) in [6, 6.07) is 0. The zero-order chi connectivity index (χ0) is 16.8. The molecule has 0 aromatic carbocycles. The molecule has 0 spiro atoms. The van der Waals surface area contributed by atoms with Gasteiger partial charge in [0.2, 0.25) is 0 Å². The van der Waals surface area contributed by atoms with Gasteiger partial charge in [-0.05, 0) is 31.6 Å².